The standard InChI is InChI=1S/C21H32O5/c1-5-6-8-13-18-20(26-21(2,3)25-18)19(24-16-22-4)15-23-14-17-11-9-7-10-12-17/h6-12,18-20H,5,13-16H2,1-4H3/b8-6-/t18-,19+,20-/m0/s1. The lowest BCUT2D eigenvalue weighted by atomic mass is 10.1. The van der Waals surface area contributed by atoms with Gasteiger partial charge in [0.1, 0.15) is 19.0 Å². The number of hydrogen-bond donors (Lipinski definition) is 0. The zero-order chi connectivity index (χ0) is 18.8. The Kier molecular flexibility index (Phi) is 8.75. The van der Waals surface area contributed by atoms with Crippen LogP contribution in [0.2, 0.25) is 0 Å². The molecule has 0 unspecified atom stereocenters. The zero-order valence-corrected chi connectivity index (χ0v) is 16.4. The van der Waals surface area contributed by atoms with Crippen LogP contribution in [0.4, 0.5) is 0 Å². The van der Waals surface area contributed by atoms with Crippen molar-refractivity contribution >= 4 is 0 Å². The van der Waals surface area contributed by atoms with Crippen LogP contribution in [-0.4, -0.2) is 44.6 Å². The molecule has 1 heterocycles. The summed E-state index contributed by atoms with van der Waals surface area (Å²) in [5, 5.41) is 0. The Hall–Kier alpha value is -1.24. The lowest BCUT2D eigenvalue weighted by Crippen LogP contribution is -2.40. The van der Waals surface area contributed by atoms with Crippen molar-refractivity contribution in [3.05, 3.63) is 48.0 Å². The number of allylic oxidation sites excluding steroid dienone is 1. The average Bonchev–Trinajstić information content (AvgIpc) is 2.93. The molecule has 1 aliphatic heterocycles. The van der Waals surface area contributed by atoms with Crippen molar-refractivity contribution < 1.29 is 23.7 Å². The second-order valence-electron chi connectivity index (χ2n) is 6.87. The van der Waals surface area contributed by atoms with Gasteiger partial charge in [0.05, 0.1) is 19.3 Å². The maximum atomic E-state index is 6.14. The molecule has 0 bridgehead atoms. The van der Waals surface area contributed by atoms with Gasteiger partial charge in [-0.1, -0.05) is 49.4 Å². The van der Waals surface area contributed by atoms with Crippen molar-refractivity contribution in [3.8, 4) is 0 Å². The van der Waals surface area contributed by atoms with Crippen molar-refractivity contribution in [1.29, 1.82) is 0 Å². The number of hydrogen-bond acceptors (Lipinski definition) is 5. The van der Waals surface area contributed by atoms with Gasteiger partial charge in [0, 0.05) is 7.11 Å². The Balaban J connectivity index is 1.98. The summed E-state index contributed by atoms with van der Waals surface area (Å²) in [6.07, 6.45) is 5.52. The minimum atomic E-state index is -0.635. The van der Waals surface area contributed by atoms with Crippen LogP contribution in [0.25, 0.3) is 0 Å². The van der Waals surface area contributed by atoms with Crippen LogP contribution >= 0.6 is 0 Å². The smallest absolute Gasteiger partial charge is 0.163 e. The van der Waals surface area contributed by atoms with Gasteiger partial charge in [-0.05, 0) is 32.3 Å². The van der Waals surface area contributed by atoms with Gasteiger partial charge in [0.2, 0.25) is 0 Å². The number of ether oxygens (including phenoxy) is 5. The number of rotatable bonds is 11. The van der Waals surface area contributed by atoms with Crippen LogP contribution in [0.1, 0.15) is 39.2 Å². The SMILES string of the molecule is CC/C=C\C[C@@H]1OC(C)(C)O[C@@H]1[C@@H](COCc1ccccc1)OCOC. The van der Waals surface area contributed by atoms with Crippen LogP contribution in [-0.2, 0) is 30.3 Å². The first-order chi connectivity index (χ1) is 12.6. The van der Waals surface area contributed by atoms with E-state index in [9.17, 15) is 0 Å². The highest BCUT2D eigenvalue weighted by molar-refractivity contribution is 5.13. The van der Waals surface area contributed by atoms with E-state index in [-0.39, 0.29) is 25.1 Å². The van der Waals surface area contributed by atoms with Gasteiger partial charge in [-0.2, -0.15) is 0 Å². The Morgan fingerprint density at radius 2 is 1.92 bits per heavy atom. The molecule has 5 nitrogen and oxygen atoms in total. The van der Waals surface area contributed by atoms with E-state index in [0.29, 0.717) is 13.2 Å². The summed E-state index contributed by atoms with van der Waals surface area (Å²) in [6.45, 7) is 7.12. The van der Waals surface area contributed by atoms with E-state index in [0.717, 1.165) is 18.4 Å². The second-order valence-corrected chi connectivity index (χ2v) is 6.87. The molecule has 1 aromatic carbocycles. The highest BCUT2D eigenvalue weighted by atomic mass is 16.8. The molecule has 3 atom stereocenters. The molecule has 0 saturated carbocycles. The van der Waals surface area contributed by atoms with Gasteiger partial charge < -0.3 is 23.7 Å². The Morgan fingerprint density at radius 1 is 1.15 bits per heavy atom. The average molecular weight is 364 g/mol. The molecule has 0 radical (unpaired) electrons. The third-order valence-corrected chi connectivity index (χ3v) is 4.15. The Morgan fingerprint density at radius 3 is 2.62 bits per heavy atom. The number of benzene rings is 1. The lowest BCUT2D eigenvalue weighted by molar-refractivity contribution is -0.179. The molecule has 5 heteroatoms. The molecule has 0 aliphatic carbocycles. The van der Waals surface area contributed by atoms with Crippen LogP contribution in [0.5, 0.6) is 0 Å². The Bertz CT molecular complexity index is 528. The van der Waals surface area contributed by atoms with E-state index in [1.807, 2.05) is 44.2 Å². The van der Waals surface area contributed by atoms with E-state index >= 15 is 0 Å². The molecule has 0 spiro atoms. The summed E-state index contributed by atoms with van der Waals surface area (Å²) < 4.78 is 29.1. The van der Waals surface area contributed by atoms with Gasteiger partial charge in [0.25, 0.3) is 0 Å². The predicted octanol–water partition coefficient (Wildman–Crippen LogP) is 4.07. The van der Waals surface area contributed by atoms with E-state index < -0.39 is 5.79 Å². The highest BCUT2D eigenvalue weighted by Crippen LogP contribution is 2.33. The predicted molar refractivity (Wildman–Crippen MR) is 101 cm³/mol. The van der Waals surface area contributed by atoms with Crippen molar-refractivity contribution in [2.75, 3.05) is 20.5 Å². The summed E-state index contributed by atoms with van der Waals surface area (Å²) in [4.78, 5) is 0. The molecule has 0 aromatic heterocycles. The fraction of sp³-hybridized carbons (Fsp3) is 0.619. The monoisotopic (exact) mass is 364 g/mol. The van der Waals surface area contributed by atoms with Crippen LogP contribution < -0.4 is 0 Å². The third-order valence-electron chi connectivity index (χ3n) is 4.15. The fourth-order valence-corrected chi connectivity index (χ4v) is 3.02. The van der Waals surface area contributed by atoms with Gasteiger partial charge in [0.15, 0.2) is 5.79 Å². The molecule has 1 fully saturated rings. The first-order valence-corrected chi connectivity index (χ1v) is 9.28. The van der Waals surface area contributed by atoms with Crippen LogP contribution in [0, 0.1) is 0 Å². The minimum Gasteiger partial charge on any atom is -0.374 e. The first-order valence-electron chi connectivity index (χ1n) is 9.28. The zero-order valence-electron chi connectivity index (χ0n) is 16.4. The molecule has 146 valence electrons. The summed E-state index contributed by atoms with van der Waals surface area (Å²) in [5.41, 5.74) is 1.13. The van der Waals surface area contributed by atoms with Crippen molar-refractivity contribution in [3.63, 3.8) is 0 Å². The molecule has 1 saturated heterocycles. The highest BCUT2D eigenvalue weighted by Gasteiger charge is 2.45. The van der Waals surface area contributed by atoms with Crippen LogP contribution in [0.3, 0.4) is 0 Å². The van der Waals surface area contributed by atoms with Crippen molar-refractivity contribution in [1.82, 2.24) is 0 Å². The third kappa shape index (κ3) is 6.82. The molecule has 1 aromatic rings. The Labute approximate surface area is 157 Å². The molecular weight excluding hydrogens is 332 g/mol. The maximum Gasteiger partial charge on any atom is 0.163 e. The summed E-state index contributed by atoms with van der Waals surface area (Å²) in [6, 6.07) is 10.1. The summed E-state index contributed by atoms with van der Waals surface area (Å²) >= 11 is 0. The fourth-order valence-electron chi connectivity index (χ4n) is 3.02. The van der Waals surface area contributed by atoms with E-state index in [1.165, 1.54) is 0 Å². The van der Waals surface area contributed by atoms with E-state index in [2.05, 4.69) is 19.1 Å². The second kappa shape index (κ2) is 10.8. The van der Waals surface area contributed by atoms with Crippen molar-refractivity contribution in [2.24, 2.45) is 0 Å². The summed E-state index contributed by atoms with van der Waals surface area (Å²) in [5.74, 6) is -0.635. The van der Waals surface area contributed by atoms with Crippen molar-refractivity contribution in [2.45, 2.75) is 64.3 Å². The largest absolute Gasteiger partial charge is 0.374 e. The van der Waals surface area contributed by atoms with Gasteiger partial charge >= 0.3 is 0 Å². The molecule has 0 amide bonds. The van der Waals surface area contributed by atoms with Gasteiger partial charge in [-0.25, -0.2) is 0 Å². The van der Waals surface area contributed by atoms with Gasteiger partial charge in [-0.3, -0.25) is 0 Å². The molecule has 1 aliphatic rings. The topological polar surface area (TPSA) is 46.2 Å². The van der Waals surface area contributed by atoms with Crippen LogP contribution in [0.15, 0.2) is 42.5 Å². The van der Waals surface area contributed by atoms with Gasteiger partial charge in [-0.15, -0.1) is 0 Å². The molecule has 0 N–H and O–H groups in total. The molecule has 26 heavy (non-hydrogen) atoms. The van der Waals surface area contributed by atoms with E-state index in [1.54, 1.807) is 7.11 Å². The summed E-state index contributed by atoms with van der Waals surface area (Å²) in [7, 11) is 1.61. The minimum absolute atomic E-state index is 0.0741. The first kappa shape index (κ1) is 21.1. The molecular formula is C21H32O5. The molecule has 2 rings (SSSR count). The normalized spacial score (nSPS) is 23.5. The quantitative estimate of drug-likeness (QED) is 0.437. The van der Waals surface area contributed by atoms with E-state index in [4.69, 9.17) is 23.7 Å². The lowest BCUT2D eigenvalue weighted by Gasteiger charge is -2.26. The maximum absolute atomic E-state index is 6.14. The number of methoxy groups -OCH3 is 1.